The summed E-state index contributed by atoms with van der Waals surface area (Å²) in [6.07, 6.45) is 0. The van der Waals surface area contributed by atoms with Crippen LogP contribution >= 0.6 is 0 Å². The maximum atomic E-state index is 12.2. The molecule has 3 aromatic rings. The number of aryl methyl sites for hydroxylation is 2. The fraction of sp³-hybridized carbons (Fsp3) is 0.250. The number of benzene rings is 1. The van der Waals surface area contributed by atoms with Gasteiger partial charge in [-0.1, -0.05) is 17.2 Å². The fourth-order valence-electron chi connectivity index (χ4n) is 2.31. The van der Waals surface area contributed by atoms with Crippen LogP contribution < -0.4 is 10.1 Å². The van der Waals surface area contributed by atoms with E-state index < -0.39 is 5.91 Å². The Bertz CT molecular complexity index is 868. The Balaban J connectivity index is 1.79. The molecule has 0 atom stereocenters. The normalized spacial score (nSPS) is 10.6. The van der Waals surface area contributed by atoms with Gasteiger partial charge < -0.3 is 9.15 Å². The Morgan fingerprint density at radius 2 is 2.12 bits per heavy atom. The van der Waals surface area contributed by atoms with Gasteiger partial charge in [0, 0.05) is 12.2 Å². The molecule has 124 valence electrons. The molecule has 0 aliphatic heterocycles. The van der Waals surface area contributed by atoms with Crippen molar-refractivity contribution < 1.29 is 13.9 Å². The van der Waals surface area contributed by atoms with E-state index in [1.165, 1.54) is 0 Å². The summed E-state index contributed by atoms with van der Waals surface area (Å²) in [6.45, 7) is 4.54. The molecule has 0 radical (unpaired) electrons. The van der Waals surface area contributed by atoms with E-state index in [4.69, 9.17) is 9.15 Å². The van der Waals surface area contributed by atoms with Crippen molar-refractivity contribution in [3.05, 3.63) is 41.7 Å². The fourth-order valence-corrected chi connectivity index (χ4v) is 2.31. The smallest absolute Gasteiger partial charge is 0.322 e. The SMILES string of the molecule is CCn1nc(C(=O)Nc2nnc(-c3ccccc3OC)o2)cc1C. The van der Waals surface area contributed by atoms with Crippen molar-refractivity contribution in [3.63, 3.8) is 0 Å². The summed E-state index contributed by atoms with van der Waals surface area (Å²) in [5.41, 5.74) is 1.85. The van der Waals surface area contributed by atoms with Crippen LogP contribution in [0.4, 0.5) is 6.01 Å². The lowest BCUT2D eigenvalue weighted by molar-refractivity contribution is 0.101. The van der Waals surface area contributed by atoms with Crippen LogP contribution in [0, 0.1) is 6.92 Å². The first-order valence-corrected chi connectivity index (χ1v) is 7.45. The monoisotopic (exact) mass is 327 g/mol. The first-order valence-electron chi connectivity index (χ1n) is 7.45. The quantitative estimate of drug-likeness (QED) is 0.773. The van der Waals surface area contributed by atoms with Crippen LogP contribution in [0.2, 0.25) is 0 Å². The van der Waals surface area contributed by atoms with Crippen LogP contribution in [0.5, 0.6) is 5.75 Å². The standard InChI is InChI=1S/C16H17N5O3/c1-4-21-10(2)9-12(20-21)14(22)17-16-19-18-15(24-16)11-7-5-6-8-13(11)23-3/h5-9H,4H2,1-3H3,(H,17,19,22). The van der Waals surface area contributed by atoms with E-state index in [1.54, 1.807) is 30.0 Å². The Labute approximate surface area is 138 Å². The first kappa shape index (κ1) is 15.7. The van der Waals surface area contributed by atoms with Crippen LogP contribution in [0.25, 0.3) is 11.5 Å². The summed E-state index contributed by atoms with van der Waals surface area (Å²) in [5, 5.41) is 14.6. The first-order chi connectivity index (χ1) is 11.6. The van der Waals surface area contributed by atoms with Crippen molar-refractivity contribution >= 4 is 11.9 Å². The Morgan fingerprint density at radius 1 is 1.33 bits per heavy atom. The highest BCUT2D eigenvalue weighted by Crippen LogP contribution is 2.29. The molecule has 0 saturated heterocycles. The maximum Gasteiger partial charge on any atom is 0.322 e. The average Bonchev–Trinajstić information content (AvgIpc) is 3.21. The zero-order chi connectivity index (χ0) is 17.1. The molecule has 8 nitrogen and oxygen atoms in total. The molecular weight excluding hydrogens is 310 g/mol. The molecule has 1 N–H and O–H groups in total. The third-order valence-corrected chi connectivity index (χ3v) is 3.50. The number of aromatic nitrogens is 4. The van der Waals surface area contributed by atoms with E-state index in [9.17, 15) is 4.79 Å². The van der Waals surface area contributed by atoms with E-state index in [1.807, 2.05) is 26.0 Å². The zero-order valence-corrected chi connectivity index (χ0v) is 13.6. The summed E-state index contributed by atoms with van der Waals surface area (Å²) in [7, 11) is 1.56. The topological polar surface area (TPSA) is 95.1 Å². The highest BCUT2D eigenvalue weighted by molar-refractivity contribution is 6.01. The number of nitrogens with one attached hydrogen (secondary N) is 1. The predicted molar refractivity (Wildman–Crippen MR) is 86.9 cm³/mol. The lowest BCUT2D eigenvalue weighted by atomic mass is 10.2. The summed E-state index contributed by atoms with van der Waals surface area (Å²) in [6, 6.07) is 8.97. The largest absolute Gasteiger partial charge is 0.496 e. The summed E-state index contributed by atoms with van der Waals surface area (Å²) < 4.78 is 12.5. The van der Waals surface area contributed by atoms with Crippen molar-refractivity contribution in [1.29, 1.82) is 0 Å². The molecule has 1 amide bonds. The van der Waals surface area contributed by atoms with Gasteiger partial charge in [-0.15, -0.1) is 5.10 Å². The number of rotatable bonds is 5. The zero-order valence-electron chi connectivity index (χ0n) is 13.6. The molecule has 2 aromatic heterocycles. The molecule has 0 spiro atoms. The summed E-state index contributed by atoms with van der Waals surface area (Å²) in [5.74, 6) is 0.467. The minimum Gasteiger partial charge on any atom is -0.496 e. The van der Waals surface area contributed by atoms with Crippen molar-refractivity contribution in [3.8, 4) is 17.2 Å². The van der Waals surface area contributed by atoms with Crippen molar-refractivity contribution in [2.75, 3.05) is 12.4 Å². The lowest BCUT2D eigenvalue weighted by Crippen LogP contribution is -2.13. The van der Waals surface area contributed by atoms with Crippen molar-refractivity contribution in [2.24, 2.45) is 0 Å². The highest BCUT2D eigenvalue weighted by Gasteiger charge is 2.17. The summed E-state index contributed by atoms with van der Waals surface area (Å²) >= 11 is 0. The number of carbonyl (C=O) groups is 1. The van der Waals surface area contributed by atoms with Gasteiger partial charge >= 0.3 is 6.01 Å². The number of carbonyl (C=O) groups excluding carboxylic acids is 1. The second-order valence-electron chi connectivity index (χ2n) is 5.05. The minimum absolute atomic E-state index is 0.00427. The molecule has 0 aliphatic rings. The van der Waals surface area contributed by atoms with Gasteiger partial charge in [0.1, 0.15) is 5.75 Å². The van der Waals surface area contributed by atoms with E-state index in [0.717, 1.165) is 5.69 Å². The van der Waals surface area contributed by atoms with E-state index in [2.05, 4.69) is 20.6 Å². The van der Waals surface area contributed by atoms with Gasteiger partial charge in [-0.2, -0.15) is 5.10 Å². The molecule has 2 heterocycles. The van der Waals surface area contributed by atoms with Crippen LogP contribution in [-0.4, -0.2) is 33.0 Å². The van der Waals surface area contributed by atoms with E-state index in [0.29, 0.717) is 23.6 Å². The molecule has 0 aliphatic carbocycles. The minimum atomic E-state index is -0.402. The Hall–Kier alpha value is -3.16. The summed E-state index contributed by atoms with van der Waals surface area (Å²) in [4.78, 5) is 12.2. The van der Waals surface area contributed by atoms with Crippen LogP contribution in [0.15, 0.2) is 34.7 Å². The number of methoxy groups -OCH3 is 1. The lowest BCUT2D eigenvalue weighted by Gasteiger charge is -2.03. The van der Waals surface area contributed by atoms with Gasteiger partial charge in [0.15, 0.2) is 5.69 Å². The van der Waals surface area contributed by atoms with Gasteiger partial charge in [-0.05, 0) is 32.0 Å². The van der Waals surface area contributed by atoms with Crippen LogP contribution in [-0.2, 0) is 6.54 Å². The van der Waals surface area contributed by atoms with Gasteiger partial charge in [0.2, 0.25) is 0 Å². The molecule has 24 heavy (non-hydrogen) atoms. The number of anilines is 1. The molecule has 8 heteroatoms. The molecule has 0 fully saturated rings. The molecular formula is C16H17N5O3. The molecule has 0 unspecified atom stereocenters. The van der Waals surface area contributed by atoms with Crippen molar-refractivity contribution in [1.82, 2.24) is 20.0 Å². The number of hydrogen-bond donors (Lipinski definition) is 1. The predicted octanol–water partition coefficient (Wildman–Crippen LogP) is 2.52. The third-order valence-electron chi connectivity index (χ3n) is 3.50. The van der Waals surface area contributed by atoms with Gasteiger partial charge in [0.05, 0.1) is 12.7 Å². The molecule has 0 saturated carbocycles. The van der Waals surface area contributed by atoms with Crippen molar-refractivity contribution in [2.45, 2.75) is 20.4 Å². The maximum absolute atomic E-state index is 12.2. The number of hydrogen-bond acceptors (Lipinski definition) is 6. The Morgan fingerprint density at radius 3 is 2.83 bits per heavy atom. The number of para-hydroxylation sites is 1. The number of amides is 1. The molecule has 1 aromatic carbocycles. The third kappa shape index (κ3) is 2.98. The van der Waals surface area contributed by atoms with Gasteiger partial charge in [0.25, 0.3) is 11.8 Å². The molecule has 3 rings (SSSR count). The van der Waals surface area contributed by atoms with Crippen LogP contribution in [0.1, 0.15) is 23.1 Å². The van der Waals surface area contributed by atoms with Gasteiger partial charge in [-0.25, -0.2) is 0 Å². The van der Waals surface area contributed by atoms with Crippen LogP contribution in [0.3, 0.4) is 0 Å². The second kappa shape index (κ2) is 6.53. The Kier molecular flexibility index (Phi) is 4.28. The van der Waals surface area contributed by atoms with Gasteiger partial charge in [-0.3, -0.25) is 14.8 Å². The highest BCUT2D eigenvalue weighted by atomic mass is 16.5. The van der Waals surface area contributed by atoms with E-state index in [-0.39, 0.29) is 11.9 Å². The number of ether oxygens (including phenoxy) is 1. The van der Waals surface area contributed by atoms with E-state index >= 15 is 0 Å². The second-order valence-corrected chi connectivity index (χ2v) is 5.05. The average molecular weight is 327 g/mol. The molecule has 0 bridgehead atoms. The number of nitrogens with zero attached hydrogens (tertiary/aromatic N) is 4.